The number of rotatable bonds is 4. The summed E-state index contributed by atoms with van der Waals surface area (Å²) in [5.74, 6) is 0.234. The molecule has 1 amide bonds. The van der Waals surface area contributed by atoms with Crippen LogP contribution in [0.3, 0.4) is 0 Å². The van der Waals surface area contributed by atoms with Crippen LogP contribution in [0.2, 0.25) is 0 Å². The van der Waals surface area contributed by atoms with Crippen molar-refractivity contribution in [2.75, 3.05) is 13.1 Å². The Balaban J connectivity index is 1.37. The normalized spacial score (nSPS) is 20.6. The van der Waals surface area contributed by atoms with E-state index < -0.39 is 10.8 Å². The maximum absolute atomic E-state index is 13.0. The van der Waals surface area contributed by atoms with Crippen LogP contribution >= 0.6 is 0 Å². The number of piperidine rings is 1. The van der Waals surface area contributed by atoms with Gasteiger partial charge in [0.05, 0.1) is 6.26 Å². The van der Waals surface area contributed by atoms with Crippen LogP contribution in [-0.2, 0) is 17.9 Å². The van der Waals surface area contributed by atoms with Gasteiger partial charge in [-0.25, -0.2) is 9.89 Å². The lowest BCUT2D eigenvalue weighted by Crippen LogP contribution is -3.00. The van der Waals surface area contributed by atoms with Gasteiger partial charge in [0.15, 0.2) is 5.76 Å². The van der Waals surface area contributed by atoms with E-state index in [1.165, 1.54) is 23.0 Å². The minimum atomic E-state index is -1.24. The van der Waals surface area contributed by atoms with Crippen LogP contribution in [-0.4, -0.2) is 43.5 Å². The number of nitrogens with one attached hydrogen (secondary N) is 1. The van der Waals surface area contributed by atoms with Crippen molar-refractivity contribution in [2.45, 2.75) is 25.4 Å². The van der Waals surface area contributed by atoms with Gasteiger partial charge in [-0.2, -0.15) is 10.3 Å². The first-order valence-corrected chi connectivity index (χ1v) is 10.3. The summed E-state index contributed by atoms with van der Waals surface area (Å²) in [5.41, 5.74) is 0.0618. The third-order valence-corrected chi connectivity index (χ3v) is 6.11. The quantitative estimate of drug-likeness (QED) is 0.533. The maximum Gasteiger partial charge on any atom is 0.315 e. The number of furan rings is 1. The molecule has 166 valence electrons. The number of hydrogen-bond donors (Lipinski definition) is 2. The minimum absolute atomic E-state index is 0.0334. The van der Waals surface area contributed by atoms with E-state index in [-0.39, 0.29) is 35.5 Å². The van der Waals surface area contributed by atoms with Gasteiger partial charge in [0, 0.05) is 43.4 Å². The summed E-state index contributed by atoms with van der Waals surface area (Å²) in [6.45, 7) is 0.998. The zero-order valence-corrected chi connectivity index (χ0v) is 17.0. The third-order valence-electron chi connectivity index (χ3n) is 6.11. The van der Waals surface area contributed by atoms with Gasteiger partial charge in [-0.1, -0.05) is 0 Å². The van der Waals surface area contributed by atoms with E-state index in [9.17, 15) is 24.8 Å². The van der Waals surface area contributed by atoms with Gasteiger partial charge >= 0.3 is 5.56 Å². The zero-order valence-electron chi connectivity index (χ0n) is 17.0. The second-order valence-electron chi connectivity index (χ2n) is 8.18. The van der Waals surface area contributed by atoms with E-state index in [0.717, 1.165) is 16.8 Å². The number of likely N-dealkylation sites (tertiary alicyclic amines) is 1. The molecular weight excluding hydrogens is 418 g/mol. The van der Waals surface area contributed by atoms with E-state index in [0.29, 0.717) is 31.1 Å². The molecule has 3 atom stereocenters. The Bertz CT molecular complexity index is 1280. The van der Waals surface area contributed by atoms with Gasteiger partial charge in [-0.3, -0.25) is 14.4 Å². The van der Waals surface area contributed by atoms with Crippen LogP contribution in [0.5, 0.6) is 0 Å². The molecule has 0 radical (unpaired) electrons. The molecule has 3 aromatic rings. The fraction of sp³-hybridized carbons (Fsp3) is 0.333. The SMILES string of the molecule is O=C(Cn1nc(-c2ccco2)ccc1=O)N1CC2C[C@@H](C1)Cn1c2ccc([NH+]([O-])O)c1=O. The first-order valence-electron chi connectivity index (χ1n) is 10.3. The highest BCUT2D eigenvalue weighted by Crippen LogP contribution is 2.35. The molecule has 11 heteroatoms. The molecular formula is C21H21N5O6. The first-order chi connectivity index (χ1) is 15.4. The Morgan fingerprint density at radius 3 is 2.78 bits per heavy atom. The van der Waals surface area contributed by atoms with E-state index >= 15 is 0 Å². The number of hydrogen-bond acceptors (Lipinski definition) is 7. The summed E-state index contributed by atoms with van der Waals surface area (Å²) in [5, 5.41) is 23.5. The van der Waals surface area contributed by atoms with E-state index in [1.54, 1.807) is 29.2 Å². The number of aromatic nitrogens is 3. The Morgan fingerprint density at radius 1 is 1.19 bits per heavy atom. The molecule has 0 aliphatic carbocycles. The molecule has 3 aromatic heterocycles. The molecule has 5 rings (SSSR count). The Morgan fingerprint density at radius 2 is 2.03 bits per heavy atom. The van der Waals surface area contributed by atoms with E-state index in [1.807, 2.05) is 0 Å². The van der Waals surface area contributed by atoms with E-state index in [4.69, 9.17) is 4.42 Å². The average Bonchev–Trinajstić information content (AvgIpc) is 3.30. The van der Waals surface area contributed by atoms with Crippen molar-refractivity contribution in [1.29, 1.82) is 0 Å². The first kappa shape index (κ1) is 20.4. The molecule has 2 aliphatic heterocycles. The number of quaternary nitrogens is 1. The second-order valence-corrected chi connectivity index (χ2v) is 8.18. The molecule has 2 N–H and O–H groups in total. The molecule has 32 heavy (non-hydrogen) atoms. The van der Waals surface area contributed by atoms with Gasteiger partial charge in [-0.15, -0.1) is 0 Å². The monoisotopic (exact) mass is 439 g/mol. The maximum atomic E-state index is 13.0. The number of nitrogens with zero attached hydrogens (tertiary/aromatic N) is 4. The molecule has 2 aliphatic rings. The number of pyridine rings is 1. The van der Waals surface area contributed by atoms with Gasteiger partial charge in [0.25, 0.3) is 5.56 Å². The van der Waals surface area contributed by atoms with Crippen molar-refractivity contribution in [3.8, 4) is 11.5 Å². The Hall–Kier alpha value is -3.54. The van der Waals surface area contributed by atoms with Crippen LogP contribution in [0.25, 0.3) is 11.5 Å². The van der Waals surface area contributed by atoms with Crippen molar-refractivity contribution in [3.63, 3.8) is 0 Å². The standard InChI is InChI=1S/C21H21N5O6/c27-19-6-3-15(18-2-1-7-32-18)22-25(19)12-20(28)23-9-13-8-14(11-23)16-4-5-17(26(30)31)21(29)24(16)10-13/h1-7,13-14,26,30H,8-12H2/t13-,14?/m0/s1. The second kappa shape index (κ2) is 7.86. The summed E-state index contributed by atoms with van der Waals surface area (Å²) in [6.07, 6.45) is 2.33. The Kier molecular flexibility index (Phi) is 5.00. The molecule has 11 nitrogen and oxygen atoms in total. The van der Waals surface area contributed by atoms with Crippen LogP contribution in [0.15, 0.2) is 56.7 Å². The molecule has 2 bridgehead atoms. The number of amides is 1. The highest BCUT2D eigenvalue weighted by molar-refractivity contribution is 5.76. The summed E-state index contributed by atoms with van der Waals surface area (Å²) in [4.78, 5) is 39.5. The van der Waals surface area contributed by atoms with Crippen molar-refractivity contribution < 1.29 is 19.6 Å². The van der Waals surface area contributed by atoms with Crippen LogP contribution in [0.1, 0.15) is 18.0 Å². The fourth-order valence-corrected chi connectivity index (χ4v) is 4.66. The lowest BCUT2D eigenvalue weighted by molar-refractivity contribution is -0.992. The van der Waals surface area contributed by atoms with Crippen molar-refractivity contribution in [3.05, 3.63) is 74.3 Å². The van der Waals surface area contributed by atoms with Gasteiger partial charge < -0.3 is 19.1 Å². The Labute approximate surface area is 181 Å². The van der Waals surface area contributed by atoms with E-state index in [2.05, 4.69) is 5.10 Å². The fourth-order valence-electron chi connectivity index (χ4n) is 4.66. The largest absolute Gasteiger partial charge is 0.595 e. The zero-order chi connectivity index (χ0) is 22.4. The summed E-state index contributed by atoms with van der Waals surface area (Å²) < 4.78 is 7.97. The van der Waals surface area contributed by atoms with Crippen LogP contribution in [0, 0.1) is 11.1 Å². The number of carbonyl (C=O) groups excluding carboxylic acids is 1. The van der Waals surface area contributed by atoms with Crippen molar-refractivity contribution in [1.82, 2.24) is 19.2 Å². The van der Waals surface area contributed by atoms with Gasteiger partial charge in [0.1, 0.15) is 12.2 Å². The third kappa shape index (κ3) is 3.55. The predicted molar refractivity (Wildman–Crippen MR) is 110 cm³/mol. The topological polar surface area (TPSA) is 138 Å². The number of fused-ring (bicyclic) bond motifs is 4. The van der Waals surface area contributed by atoms with Crippen molar-refractivity contribution >= 4 is 11.6 Å². The minimum Gasteiger partial charge on any atom is -0.595 e. The van der Waals surface area contributed by atoms with Crippen LogP contribution < -0.4 is 16.3 Å². The molecule has 1 saturated heterocycles. The van der Waals surface area contributed by atoms with Crippen LogP contribution in [0.4, 0.5) is 5.69 Å². The summed E-state index contributed by atoms with van der Waals surface area (Å²) >= 11 is 0. The van der Waals surface area contributed by atoms with Gasteiger partial charge in [0.2, 0.25) is 11.6 Å². The molecule has 0 saturated carbocycles. The van der Waals surface area contributed by atoms with Gasteiger partial charge in [-0.05, 0) is 36.6 Å². The molecule has 1 fully saturated rings. The van der Waals surface area contributed by atoms with Crippen molar-refractivity contribution in [2.24, 2.45) is 5.92 Å². The molecule has 0 aromatic carbocycles. The number of carbonyl (C=O) groups is 1. The highest BCUT2D eigenvalue weighted by atomic mass is 16.8. The highest BCUT2D eigenvalue weighted by Gasteiger charge is 2.37. The smallest absolute Gasteiger partial charge is 0.315 e. The summed E-state index contributed by atoms with van der Waals surface area (Å²) in [6, 6.07) is 9.34. The molecule has 2 unspecified atom stereocenters. The molecule has 0 spiro atoms. The molecule has 5 heterocycles. The lowest BCUT2D eigenvalue weighted by atomic mass is 9.83. The lowest BCUT2D eigenvalue weighted by Gasteiger charge is -2.42. The average molecular weight is 439 g/mol. The predicted octanol–water partition coefficient (Wildman–Crippen LogP) is -0.286. The summed E-state index contributed by atoms with van der Waals surface area (Å²) in [7, 11) is 0.